The monoisotopic (exact) mass is 414 g/mol. The lowest BCUT2D eigenvalue weighted by molar-refractivity contribution is 0.101. The fourth-order valence-corrected chi connectivity index (χ4v) is 3.26. The van der Waals surface area contributed by atoms with Gasteiger partial charge in [-0.1, -0.05) is 47.5 Å². The molecule has 0 bridgehead atoms. The fourth-order valence-electron chi connectivity index (χ4n) is 2.86. The summed E-state index contributed by atoms with van der Waals surface area (Å²) in [4.78, 5) is 37.8. The number of carbonyl (C=O) groups is 2. The molecule has 0 aliphatic rings. The Hall–Kier alpha value is -2.89. The molecule has 1 heterocycles. The van der Waals surface area contributed by atoms with Crippen LogP contribution in [-0.2, 0) is 0 Å². The minimum absolute atomic E-state index is 0.102. The van der Waals surface area contributed by atoms with Crippen LogP contribution in [0.3, 0.4) is 0 Å². The zero-order valence-electron chi connectivity index (χ0n) is 15.1. The molecule has 0 unspecified atom stereocenters. The van der Waals surface area contributed by atoms with Gasteiger partial charge >= 0.3 is 0 Å². The molecule has 1 aromatic heterocycles. The van der Waals surface area contributed by atoms with Crippen LogP contribution in [0.5, 0.6) is 0 Å². The van der Waals surface area contributed by atoms with Crippen molar-refractivity contribution in [2.75, 3.05) is 5.32 Å². The van der Waals surface area contributed by atoms with Crippen molar-refractivity contribution in [3.8, 4) is 5.69 Å². The molecule has 28 heavy (non-hydrogen) atoms. The van der Waals surface area contributed by atoms with Crippen molar-refractivity contribution in [2.24, 2.45) is 0 Å². The Labute approximate surface area is 171 Å². The molecule has 1 amide bonds. The molecule has 0 saturated carbocycles. The molecule has 7 heteroatoms. The van der Waals surface area contributed by atoms with Crippen molar-refractivity contribution in [3.05, 3.63) is 91.8 Å². The Morgan fingerprint density at radius 1 is 0.929 bits per heavy atom. The second kappa shape index (κ2) is 8.00. The van der Waals surface area contributed by atoms with E-state index in [1.165, 1.54) is 17.6 Å². The number of Topliss-reactive ketones (excluding diaryl/α,β-unsaturated/α-hetero) is 1. The number of para-hydroxylation sites is 2. The Bertz CT molecular complexity index is 1150. The van der Waals surface area contributed by atoms with Crippen molar-refractivity contribution in [1.29, 1.82) is 0 Å². The maximum atomic E-state index is 12.9. The largest absolute Gasteiger partial charge is 0.321 e. The number of halogens is 2. The first kappa shape index (κ1) is 19.9. The summed E-state index contributed by atoms with van der Waals surface area (Å²) in [6.07, 6.45) is 0. The standard InChI is InChI=1S/C21H16Cl2N2O3/c1-12-14(20(27)24-18-9-5-3-7-16(18)22)11-15(13(2)26)21(28)25(12)19-10-6-4-8-17(19)23/h3-11H,1-2H3,(H,24,27). The van der Waals surface area contributed by atoms with Crippen LogP contribution in [0.15, 0.2) is 59.4 Å². The van der Waals surface area contributed by atoms with Gasteiger partial charge in [0.15, 0.2) is 5.78 Å². The molecule has 0 aliphatic heterocycles. The molecular formula is C21H16Cl2N2O3. The molecule has 0 saturated heterocycles. The fraction of sp³-hybridized carbons (Fsp3) is 0.0952. The quantitative estimate of drug-likeness (QED) is 0.616. The molecule has 3 rings (SSSR count). The van der Waals surface area contributed by atoms with E-state index in [-0.39, 0.29) is 11.1 Å². The highest BCUT2D eigenvalue weighted by Gasteiger charge is 2.21. The summed E-state index contributed by atoms with van der Waals surface area (Å²) in [6.45, 7) is 2.90. The van der Waals surface area contributed by atoms with Crippen LogP contribution < -0.4 is 10.9 Å². The van der Waals surface area contributed by atoms with Crippen LogP contribution in [0.2, 0.25) is 10.0 Å². The highest BCUT2D eigenvalue weighted by molar-refractivity contribution is 6.34. The van der Waals surface area contributed by atoms with Crippen molar-refractivity contribution in [3.63, 3.8) is 0 Å². The summed E-state index contributed by atoms with van der Waals surface area (Å²) in [7, 11) is 0. The van der Waals surface area contributed by atoms with E-state index in [1.807, 2.05) is 0 Å². The number of benzene rings is 2. The van der Waals surface area contributed by atoms with E-state index in [9.17, 15) is 14.4 Å². The minimum atomic E-state index is -0.535. The lowest BCUT2D eigenvalue weighted by atomic mass is 10.1. The van der Waals surface area contributed by atoms with Crippen LogP contribution in [0, 0.1) is 6.92 Å². The number of nitrogens with one attached hydrogen (secondary N) is 1. The number of carbonyl (C=O) groups excluding carboxylic acids is 2. The predicted octanol–water partition coefficient (Wildman–Crippen LogP) is 4.91. The number of aromatic nitrogens is 1. The van der Waals surface area contributed by atoms with E-state index in [1.54, 1.807) is 55.5 Å². The highest BCUT2D eigenvalue weighted by Crippen LogP contribution is 2.24. The van der Waals surface area contributed by atoms with Crippen molar-refractivity contribution >= 4 is 40.6 Å². The van der Waals surface area contributed by atoms with Crippen LogP contribution in [0.25, 0.3) is 5.69 Å². The van der Waals surface area contributed by atoms with E-state index in [0.29, 0.717) is 27.1 Å². The number of rotatable bonds is 4. The average molecular weight is 415 g/mol. The smallest absolute Gasteiger partial charge is 0.266 e. The van der Waals surface area contributed by atoms with E-state index in [4.69, 9.17) is 23.2 Å². The molecule has 2 aromatic carbocycles. The zero-order valence-corrected chi connectivity index (χ0v) is 16.6. The molecular weight excluding hydrogens is 399 g/mol. The molecule has 142 valence electrons. The van der Waals surface area contributed by atoms with E-state index < -0.39 is 17.2 Å². The second-order valence-electron chi connectivity index (χ2n) is 6.14. The number of anilines is 1. The molecule has 0 radical (unpaired) electrons. The summed E-state index contributed by atoms with van der Waals surface area (Å²) in [5, 5.41) is 3.42. The Kier molecular flexibility index (Phi) is 5.68. The van der Waals surface area contributed by atoms with Gasteiger partial charge in [-0.2, -0.15) is 0 Å². The van der Waals surface area contributed by atoms with Crippen LogP contribution in [-0.4, -0.2) is 16.3 Å². The van der Waals surface area contributed by atoms with Gasteiger partial charge < -0.3 is 5.32 Å². The van der Waals surface area contributed by atoms with E-state index in [0.717, 1.165) is 0 Å². The first-order valence-electron chi connectivity index (χ1n) is 8.39. The Morgan fingerprint density at radius 3 is 2.14 bits per heavy atom. The van der Waals surface area contributed by atoms with Crippen molar-refractivity contribution in [1.82, 2.24) is 4.57 Å². The number of ketones is 1. The molecule has 0 spiro atoms. The number of pyridine rings is 1. The predicted molar refractivity (Wildman–Crippen MR) is 111 cm³/mol. The van der Waals surface area contributed by atoms with Gasteiger partial charge in [-0.25, -0.2) is 0 Å². The van der Waals surface area contributed by atoms with Crippen molar-refractivity contribution < 1.29 is 9.59 Å². The number of nitrogens with zero attached hydrogens (tertiary/aromatic N) is 1. The van der Waals surface area contributed by atoms with Crippen LogP contribution in [0.1, 0.15) is 33.3 Å². The van der Waals surface area contributed by atoms with Gasteiger partial charge in [0.05, 0.1) is 32.5 Å². The minimum Gasteiger partial charge on any atom is -0.321 e. The van der Waals surface area contributed by atoms with Crippen molar-refractivity contribution in [2.45, 2.75) is 13.8 Å². The maximum absolute atomic E-state index is 12.9. The Balaban J connectivity index is 2.21. The average Bonchev–Trinajstić information content (AvgIpc) is 2.65. The van der Waals surface area contributed by atoms with Gasteiger partial charge in [-0.15, -0.1) is 0 Å². The number of hydrogen-bond acceptors (Lipinski definition) is 3. The molecule has 5 nitrogen and oxygen atoms in total. The van der Waals surface area contributed by atoms with Gasteiger partial charge in [-0.3, -0.25) is 19.0 Å². The summed E-state index contributed by atoms with van der Waals surface area (Å²) >= 11 is 12.4. The summed E-state index contributed by atoms with van der Waals surface area (Å²) in [6, 6.07) is 14.8. The summed E-state index contributed by atoms with van der Waals surface area (Å²) in [5.74, 6) is -0.938. The normalized spacial score (nSPS) is 10.6. The number of amides is 1. The van der Waals surface area contributed by atoms with Gasteiger partial charge in [-0.05, 0) is 44.2 Å². The molecule has 0 aliphatic carbocycles. The summed E-state index contributed by atoms with van der Waals surface area (Å²) < 4.78 is 1.28. The maximum Gasteiger partial charge on any atom is 0.266 e. The zero-order chi connectivity index (χ0) is 20.4. The topological polar surface area (TPSA) is 68.2 Å². The lowest BCUT2D eigenvalue weighted by Gasteiger charge is -2.17. The summed E-state index contributed by atoms with van der Waals surface area (Å²) in [5.41, 5.74) is 0.703. The first-order chi connectivity index (χ1) is 13.3. The van der Waals surface area contributed by atoms with Crippen LogP contribution in [0.4, 0.5) is 5.69 Å². The SMILES string of the molecule is CC(=O)c1cc(C(=O)Nc2ccccc2Cl)c(C)n(-c2ccccc2Cl)c1=O. The van der Waals surface area contributed by atoms with Gasteiger partial charge in [0.2, 0.25) is 0 Å². The molecule has 1 N–H and O–H groups in total. The molecule has 3 aromatic rings. The second-order valence-corrected chi connectivity index (χ2v) is 6.95. The van der Waals surface area contributed by atoms with Gasteiger partial charge in [0, 0.05) is 5.69 Å². The van der Waals surface area contributed by atoms with Crippen LogP contribution >= 0.6 is 23.2 Å². The third kappa shape index (κ3) is 3.72. The lowest BCUT2D eigenvalue weighted by Crippen LogP contribution is -2.30. The first-order valence-corrected chi connectivity index (χ1v) is 9.15. The van der Waals surface area contributed by atoms with E-state index in [2.05, 4.69) is 5.32 Å². The third-order valence-electron chi connectivity index (χ3n) is 4.29. The van der Waals surface area contributed by atoms with E-state index >= 15 is 0 Å². The van der Waals surface area contributed by atoms with Gasteiger partial charge in [0.1, 0.15) is 0 Å². The molecule has 0 atom stereocenters. The number of hydrogen-bond donors (Lipinski definition) is 1. The van der Waals surface area contributed by atoms with Gasteiger partial charge in [0.25, 0.3) is 11.5 Å². The third-order valence-corrected chi connectivity index (χ3v) is 4.94. The molecule has 0 fully saturated rings. The Morgan fingerprint density at radius 2 is 1.54 bits per heavy atom. The highest BCUT2D eigenvalue weighted by atomic mass is 35.5.